The van der Waals surface area contributed by atoms with E-state index in [0.29, 0.717) is 31.9 Å². The SMILES string of the molecule is CC(=O)N1CCN(C(=O)C(C)Oc2ccc(Br)cc2)CC1. The van der Waals surface area contributed by atoms with Crippen LogP contribution in [-0.2, 0) is 9.59 Å². The first-order chi connectivity index (χ1) is 9.97. The van der Waals surface area contributed by atoms with Gasteiger partial charge in [-0.2, -0.15) is 0 Å². The monoisotopic (exact) mass is 354 g/mol. The molecule has 1 heterocycles. The molecule has 0 saturated carbocycles. The summed E-state index contributed by atoms with van der Waals surface area (Å²) < 4.78 is 6.63. The quantitative estimate of drug-likeness (QED) is 0.832. The summed E-state index contributed by atoms with van der Waals surface area (Å²) in [6, 6.07) is 7.39. The highest BCUT2D eigenvalue weighted by molar-refractivity contribution is 9.10. The summed E-state index contributed by atoms with van der Waals surface area (Å²) in [6.07, 6.45) is -0.532. The maximum absolute atomic E-state index is 12.3. The summed E-state index contributed by atoms with van der Waals surface area (Å²) in [5.74, 6) is 0.684. The second kappa shape index (κ2) is 6.93. The minimum atomic E-state index is -0.532. The predicted octanol–water partition coefficient (Wildman–Crippen LogP) is 1.91. The van der Waals surface area contributed by atoms with Crippen LogP contribution in [0.4, 0.5) is 0 Å². The van der Waals surface area contributed by atoms with Gasteiger partial charge in [-0.3, -0.25) is 9.59 Å². The fraction of sp³-hybridized carbons (Fsp3) is 0.467. The molecule has 0 N–H and O–H groups in total. The van der Waals surface area contributed by atoms with Crippen LogP contribution in [0.3, 0.4) is 0 Å². The molecule has 1 fully saturated rings. The molecule has 0 radical (unpaired) electrons. The number of hydrogen-bond donors (Lipinski definition) is 0. The van der Waals surface area contributed by atoms with E-state index in [-0.39, 0.29) is 11.8 Å². The minimum absolute atomic E-state index is 0.0406. The van der Waals surface area contributed by atoms with E-state index < -0.39 is 6.10 Å². The summed E-state index contributed by atoms with van der Waals surface area (Å²) >= 11 is 3.36. The van der Waals surface area contributed by atoms with E-state index in [1.54, 1.807) is 23.6 Å². The summed E-state index contributed by atoms with van der Waals surface area (Å²) in [4.78, 5) is 27.1. The fourth-order valence-electron chi connectivity index (χ4n) is 2.27. The van der Waals surface area contributed by atoms with Gasteiger partial charge in [0.05, 0.1) is 0 Å². The number of ether oxygens (including phenoxy) is 1. The van der Waals surface area contributed by atoms with Crippen molar-refractivity contribution in [2.75, 3.05) is 26.2 Å². The lowest BCUT2D eigenvalue weighted by molar-refractivity contribution is -0.143. The Bertz CT molecular complexity index is 510. The van der Waals surface area contributed by atoms with Crippen LogP contribution < -0.4 is 4.74 Å². The average Bonchev–Trinajstić information content (AvgIpc) is 2.49. The maximum atomic E-state index is 12.3. The Morgan fingerprint density at radius 1 is 1.10 bits per heavy atom. The van der Waals surface area contributed by atoms with Crippen molar-refractivity contribution in [2.45, 2.75) is 20.0 Å². The number of carbonyl (C=O) groups is 2. The van der Waals surface area contributed by atoms with Crippen LogP contribution in [0, 0.1) is 0 Å². The molecule has 2 rings (SSSR count). The fourth-order valence-corrected chi connectivity index (χ4v) is 2.53. The Kier molecular flexibility index (Phi) is 5.22. The lowest BCUT2D eigenvalue weighted by Crippen LogP contribution is -2.52. The van der Waals surface area contributed by atoms with Gasteiger partial charge in [-0.15, -0.1) is 0 Å². The van der Waals surface area contributed by atoms with E-state index in [0.717, 1.165) is 4.47 Å². The van der Waals surface area contributed by atoms with Gasteiger partial charge < -0.3 is 14.5 Å². The molecule has 1 aliphatic rings. The van der Waals surface area contributed by atoms with Gasteiger partial charge in [0, 0.05) is 37.6 Å². The Labute approximate surface area is 133 Å². The number of carbonyl (C=O) groups excluding carboxylic acids is 2. The topological polar surface area (TPSA) is 49.9 Å². The summed E-state index contributed by atoms with van der Waals surface area (Å²) in [5.41, 5.74) is 0. The molecule has 0 spiro atoms. The zero-order valence-corrected chi connectivity index (χ0v) is 13.8. The van der Waals surface area contributed by atoms with Crippen LogP contribution in [0.15, 0.2) is 28.7 Å². The van der Waals surface area contributed by atoms with Crippen molar-refractivity contribution in [1.29, 1.82) is 0 Å². The van der Waals surface area contributed by atoms with Crippen LogP contribution in [0.5, 0.6) is 5.75 Å². The summed E-state index contributed by atoms with van der Waals surface area (Å²) in [6.45, 7) is 5.61. The molecule has 1 atom stereocenters. The molecule has 1 aromatic rings. The molecule has 1 saturated heterocycles. The van der Waals surface area contributed by atoms with Crippen molar-refractivity contribution < 1.29 is 14.3 Å². The van der Waals surface area contributed by atoms with Crippen LogP contribution >= 0.6 is 15.9 Å². The van der Waals surface area contributed by atoms with Crippen LogP contribution in [0.1, 0.15) is 13.8 Å². The van der Waals surface area contributed by atoms with Crippen molar-refractivity contribution >= 4 is 27.7 Å². The molecule has 0 bridgehead atoms. The highest BCUT2D eigenvalue weighted by Crippen LogP contribution is 2.18. The first-order valence-corrected chi connectivity index (χ1v) is 7.73. The standard InChI is InChI=1S/C15H19BrN2O3/c1-11(21-14-5-3-13(16)4-6-14)15(20)18-9-7-17(8-10-18)12(2)19/h3-6,11H,7-10H2,1-2H3. The van der Waals surface area contributed by atoms with Crippen molar-refractivity contribution in [3.8, 4) is 5.75 Å². The molecule has 6 heteroatoms. The van der Waals surface area contributed by atoms with Crippen molar-refractivity contribution in [2.24, 2.45) is 0 Å². The normalized spacial score (nSPS) is 16.5. The number of amides is 2. The first-order valence-electron chi connectivity index (χ1n) is 6.94. The molecule has 21 heavy (non-hydrogen) atoms. The Morgan fingerprint density at radius 2 is 1.62 bits per heavy atom. The third kappa shape index (κ3) is 4.20. The lowest BCUT2D eigenvalue weighted by atomic mass is 10.2. The molecule has 2 amide bonds. The van der Waals surface area contributed by atoms with Gasteiger partial charge in [-0.05, 0) is 31.2 Å². The lowest BCUT2D eigenvalue weighted by Gasteiger charge is -2.35. The number of piperazine rings is 1. The second-order valence-corrected chi connectivity index (χ2v) is 5.96. The van der Waals surface area contributed by atoms with Crippen LogP contribution in [0.2, 0.25) is 0 Å². The number of nitrogens with zero attached hydrogens (tertiary/aromatic N) is 2. The summed E-state index contributed by atoms with van der Waals surface area (Å²) in [5, 5.41) is 0. The summed E-state index contributed by atoms with van der Waals surface area (Å²) in [7, 11) is 0. The molecule has 1 unspecified atom stereocenters. The molecule has 0 aliphatic carbocycles. The average molecular weight is 355 g/mol. The van der Waals surface area contributed by atoms with E-state index in [1.165, 1.54) is 0 Å². The van der Waals surface area contributed by atoms with Crippen molar-refractivity contribution in [1.82, 2.24) is 9.80 Å². The number of halogens is 1. The highest BCUT2D eigenvalue weighted by Gasteiger charge is 2.26. The van der Waals surface area contributed by atoms with Gasteiger partial charge in [0.15, 0.2) is 6.10 Å². The number of rotatable bonds is 3. The van der Waals surface area contributed by atoms with Gasteiger partial charge >= 0.3 is 0 Å². The van der Waals surface area contributed by atoms with E-state index in [4.69, 9.17) is 4.74 Å². The second-order valence-electron chi connectivity index (χ2n) is 5.05. The van der Waals surface area contributed by atoms with E-state index in [9.17, 15) is 9.59 Å². The third-order valence-corrected chi connectivity index (χ3v) is 4.04. The maximum Gasteiger partial charge on any atom is 0.263 e. The largest absolute Gasteiger partial charge is 0.481 e. The van der Waals surface area contributed by atoms with Crippen LogP contribution in [-0.4, -0.2) is 53.9 Å². The zero-order valence-electron chi connectivity index (χ0n) is 12.2. The molecule has 1 aliphatic heterocycles. The van der Waals surface area contributed by atoms with E-state index in [2.05, 4.69) is 15.9 Å². The smallest absolute Gasteiger partial charge is 0.263 e. The van der Waals surface area contributed by atoms with Crippen molar-refractivity contribution in [3.05, 3.63) is 28.7 Å². The zero-order chi connectivity index (χ0) is 15.4. The molecule has 0 aromatic heterocycles. The van der Waals surface area contributed by atoms with Gasteiger partial charge in [0.2, 0.25) is 5.91 Å². The molecule has 1 aromatic carbocycles. The Morgan fingerprint density at radius 3 is 2.14 bits per heavy atom. The Hall–Kier alpha value is -1.56. The predicted molar refractivity (Wildman–Crippen MR) is 83.1 cm³/mol. The van der Waals surface area contributed by atoms with Crippen LogP contribution in [0.25, 0.3) is 0 Å². The molecular formula is C15H19BrN2O3. The molecular weight excluding hydrogens is 336 g/mol. The third-order valence-electron chi connectivity index (χ3n) is 3.51. The molecule has 5 nitrogen and oxygen atoms in total. The first kappa shape index (κ1) is 15.8. The van der Waals surface area contributed by atoms with Crippen molar-refractivity contribution in [3.63, 3.8) is 0 Å². The van der Waals surface area contributed by atoms with Gasteiger partial charge in [0.25, 0.3) is 5.91 Å². The minimum Gasteiger partial charge on any atom is -0.481 e. The van der Waals surface area contributed by atoms with Gasteiger partial charge in [-0.25, -0.2) is 0 Å². The number of benzene rings is 1. The van der Waals surface area contributed by atoms with E-state index >= 15 is 0 Å². The van der Waals surface area contributed by atoms with Gasteiger partial charge in [-0.1, -0.05) is 15.9 Å². The van der Waals surface area contributed by atoms with Gasteiger partial charge in [0.1, 0.15) is 5.75 Å². The highest BCUT2D eigenvalue weighted by atomic mass is 79.9. The molecule has 114 valence electrons. The number of hydrogen-bond acceptors (Lipinski definition) is 3. The van der Waals surface area contributed by atoms with E-state index in [1.807, 2.05) is 24.3 Å². The Balaban J connectivity index is 1.88.